The number of carboxylic acids is 1. The fourth-order valence-corrected chi connectivity index (χ4v) is 3.52. The van der Waals surface area contributed by atoms with Crippen LogP contribution >= 0.6 is 11.8 Å². The van der Waals surface area contributed by atoms with Crippen LogP contribution in [-0.2, 0) is 0 Å². The van der Waals surface area contributed by atoms with Crippen molar-refractivity contribution in [1.82, 2.24) is 0 Å². The number of hydrogen-bond acceptors (Lipinski definition) is 3. The summed E-state index contributed by atoms with van der Waals surface area (Å²) in [6.07, 6.45) is 4.18. The monoisotopic (exact) mass is 279 g/mol. The zero-order chi connectivity index (χ0) is 14.0. The molecule has 3 nitrogen and oxygen atoms in total. The molecule has 0 aliphatic carbocycles. The molecular formula is C15H21NO2S. The highest BCUT2D eigenvalue weighted by atomic mass is 32.2. The van der Waals surface area contributed by atoms with Crippen LogP contribution in [0.15, 0.2) is 23.1 Å². The highest BCUT2D eigenvalue weighted by molar-refractivity contribution is 7.98. The van der Waals surface area contributed by atoms with Crippen LogP contribution in [-0.4, -0.2) is 29.9 Å². The standard InChI is InChI=1S/C15H21NO2S/c1-10-7-8-16(11(2)9-10)12-5-4-6-13(19-3)14(12)15(17)18/h4-6,10-11H,7-9H2,1-3H3,(H,17,18). The lowest BCUT2D eigenvalue weighted by Gasteiger charge is -2.39. The van der Waals surface area contributed by atoms with Gasteiger partial charge < -0.3 is 10.0 Å². The minimum Gasteiger partial charge on any atom is -0.478 e. The quantitative estimate of drug-likeness (QED) is 0.856. The van der Waals surface area contributed by atoms with Crippen molar-refractivity contribution in [2.45, 2.75) is 37.6 Å². The van der Waals surface area contributed by atoms with Crippen LogP contribution in [0.25, 0.3) is 0 Å². The molecule has 4 heteroatoms. The summed E-state index contributed by atoms with van der Waals surface area (Å²) in [5.41, 5.74) is 1.33. The number of carboxylic acid groups (broad SMARTS) is 1. The van der Waals surface area contributed by atoms with Gasteiger partial charge in [0.1, 0.15) is 0 Å². The molecule has 1 aliphatic heterocycles. The van der Waals surface area contributed by atoms with Crippen molar-refractivity contribution < 1.29 is 9.90 Å². The predicted molar refractivity (Wildman–Crippen MR) is 80.4 cm³/mol. The molecule has 0 amide bonds. The number of anilines is 1. The third-order valence-corrected chi connectivity index (χ3v) is 4.67. The van der Waals surface area contributed by atoms with Crippen LogP contribution in [0.4, 0.5) is 5.69 Å². The third kappa shape index (κ3) is 2.89. The molecule has 1 aromatic rings. The maximum atomic E-state index is 11.6. The zero-order valence-corrected chi connectivity index (χ0v) is 12.5. The zero-order valence-electron chi connectivity index (χ0n) is 11.7. The molecular weight excluding hydrogens is 258 g/mol. The summed E-state index contributed by atoms with van der Waals surface area (Å²) in [7, 11) is 0. The molecule has 1 N–H and O–H groups in total. The molecule has 0 radical (unpaired) electrons. The maximum absolute atomic E-state index is 11.6. The van der Waals surface area contributed by atoms with E-state index in [1.54, 1.807) is 0 Å². The fourth-order valence-electron chi connectivity index (χ4n) is 2.91. The van der Waals surface area contributed by atoms with Crippen molar-refractivity contribution in [3.05, 3.63) is 23.8 Å². The van der Waals surface area contributed by atoms with E-state index in [2.05, 4.69) is 18.7 Å². The van der Waals surface area contributed by atoms with Crippen LogP contribution in [0.5, 0.6) is 0 Å². The topological polar surface area (TPSA) is 40.5 Å². The van der Waals surface area contributed by atoms with Crippen molar-refractivity contribution >= 4 is 23.4 Å². The molecule has 2 atom stereocenters. The van der Waals surface area contributed by atoms with E-state index in [0.717, 1.165) is 35.9 Å². The number of carbonyl (C=O) groups is 1. The van der Waals surface area contributed by atoms with Crippen molar-refractivity contribution in [2.24, 2.45) is 5.92 Å². The summed E-state index contributed by atoms with van der Waals surface area (Å²) in [5.74, 6) is -0.103. The molecule has 1 fully saturated rings. The van der Waals surface area contributed by atoms with Crippen LogP contribution in [0, 0.1) is 5.92 Å². The lowest BCUT2D eigenvalue weighted by Crippen LogP contribution is -2.41. The molecule has 1 heterocycles. The summed E-state index contributed by atoms with van der Waals surface area (Å²) in [5, 5.41) is 9.51. The number of hydrogen-bond donors (Lipinski definition) is 1. The SMILES string of the molecule is CSc1cccc(N2CCC(C)CC2C)c1C(=O)O. The van der Waals surface area contributed by atoms with E-state index in [4.69, 9.17) is 0 Å². The summed E-state index contributed by atoms with van der Waals surface area (Å²) >= 11 is 1.50. The molecule has 1 aromatic carbocycles. The molecule has 2 unspecified atom stereocenters. The second kappa shape index (κ2) is 5.87. The first-order valence-electron chi connectivity index (χ1n) is 6.71. The summed E-state index contributed by atoms with van der Waals surface area (Å²) in [6.45, 7) is 5.40. The maximum Gasteiger partial charge on any atom is 0.338 e. The second-order valence-corrected chi connectivity index (χ2v) is 6.18. The molecule has 0 spiro atoms. The Labute approximate surface area is 119 Å². The first kappa shape index (κ1) is 14.3. The summed E-state index contributed by atoms with van der Waals surface area (Å²) in [6, 6.07) is 6.18. The van der Waals surface area contributed by atoms with Gasteiger partial charge in [-0.3, -0.25) is 0 Å². The number of aromatic carboxylic acids is 1. The highest BCUT2D eigenvalue weighted by Gasteiger charge is 2.27. The average Bonchev–Trinajstić information content (AvgIpc) is 2.37. The third-order valence-electron chi connectivity index (χ3n) is 3.89. The molecule has 0 aromatic heterocycles. The van der Waals surface area contributed by atoms with E-state index in [-0.39, 0.29) is 0 Å². The van der Waals surface area contributed by atoms with Gasteiger partial charge in [-0.15, -0.1) is 11.8 Å². The molecule has 2 rings (SSSR count). The number of thioether (sulfide) groups is 1. The van der Waals surface area contributed by atoms with Crippen LogP contribution in [0.2, 0.25) is 0 Å². The highest BCUT2D eigenvalue weighted by Crippen LogP contribution is 2.34. The van der Waals surface area contributed by atoms with Gasteiger partial charge >= 0.3 is 5.97 Å². The molecule has 19 heavy (non-hydrogen) atoms. The smallest absolute Gasteiger partial charge is 0.338 e. The molecule has 0 bridgehead atoms. The molecule has 1 aliphatic rings. The Bertz CT molecular complexity index is 475. The minimum absolute atomic E-state index is 0.402. The largest absolute Gasteiger partial charge is 0.478 e. The normalized spacial score (nSPS) is 23.4. The lowest BCUT2D eigenvalue weighted by molar-refractivity contribution is 0.0693. The Kier molecular flexibility index (Phi) is 4.40. The number of benzene rings is 1. The van der Waals surface area contributed by atoms with E-state index in [9.17, 15) is 9.90 Å². The van der Waals surface area contributed by atoms with Gasteiger partial charge in [0.2, 0.25) is 0 Å². The van der Waals surface area contributed by atoms with Gasteiger partial charge in [0.25, 0.3) is 0 Å². The Hall–Kier alpha value is -1.16. The molecule has 1 saturated heterocycles. The van der Waals surface area contributed by atoms with Gasteiger partial charge in [0.15, 0.2) is 0 Å². The van der Waals surface area contributed by atoms with E-state index >= 15 is 0 Å². The van der Waals surface area contributed by atoms with Gasteiger partial charge in [-0.1, -0.05) is 13.0 Å². The summed E-state index contributed by atoms with van der Waals surface area (Å²) in [4.78, 5) is 14.7. The van der Waals surface area contributed by atoms with Gasteiger partial charge in [-0.25, -0.2) is 4.79 Å². The fraction of sp³-hybridized carbons (Fsp3) is 0.533. The molecule has 104 valence electrons. The van der Waals surface area contributed by atoms with E-state index in [1.807, 2.05) is 24.5 Å². The lowest BCUT2D eigenvalue weighted by atomic mass is 9.92. The second-order valence-electron chi connectivity index (χ2n) is 5.33. The Morgan fingerprint density at radius 3 is 2.74 bits per heavy atom. The van der Waals surface area contributed by atoms with Crippen LogP contribution < -0.4 is 4.90 Å². The minimum atomic E-state index is -0.828. The average molecular weight is 279 g/mol. The number of rotatable bonds is 3. The predicted octanol–water partition coefficient (Wildman–Crippen LogP) is 3.73. The van der Waals surface area contributed by atoms with E-state index in [0.29, 0.717) is 11.6 Å². The van der Waals surface area contributed by atoms with Gasteiger partial charge in [0, 0.05) is 17.5 Å². The van der Waals surface area contributed by atoms with Crippen molar-refractivity contribution in [2.75, 3.05) is 17.7 Å². The van der Waals surface area contributed by atoms with Crippen molar-refractivity contribution in [1.29, 1.82) is 0 Å². The van der Waals surface area contributed by atoms with Gasteiger partial charge in [-0.2, -0.15) is 0 Å². The van der Waals surface area contributed by atoms with Gasteiger partial charge in [0.05, 0.1) is 11.3 Å². The van der Waals surface area contributed by atoms with Crippen LogP contribution in [0.3, 0.4) is 0 Å². The first-order chi connectivity index (χ1) is 9.04. The molecule has 0 saturated carbocycles. The summed E-state index contributed by atoms with van der Waals surface area (Å²) < 4.78 is 0. The Balaban J connectivity index is 2.41. The van der Waals surface area contributed by atoms with E-state index in [1.165, 1.54) is 11.8 Å². The van der Waals surface area contributed by atoms with Crippen LogP contribution in [0.1, 0.15) is 37.0 Å². The van der Waals surface area contributed by atoms with Crippen molar-refractivity contribution in [3.8, 4) is 0 Å². The number of piperidine rings is 1. The Morgan fingerprint density at radius 1 is 1.42 bits per heavy atom. The Morgan fingerprint density at radius 2 is 2.16 bits per heavy atom. The van der Waals surface area contributed by atoms with Crippen molar-refractivity contribution in [3.63, 3.8) is 0 Å². The van der Waals surface area contributed by atoms with E-state index < -0.39 is 5.97 Å². The first-order valence-corrected chi connectivity index (χ1v) is 7.94. The van der Waals surface area contributed by atoms with Gasteiger partial charge in [-0.05, 0) is 44.1 Å². The number of nitrogens with zero attached hydrogens (tertiary/aromatic N) is 1.